The summed E-state index contributed by atoms with van der Waals surface area (Å²) >= 11 is 11.2. The Morgan fingerprint density at radius 3 is 1.95 bits per heavy atom. The number of carboxylic acid groups (broad SMARTS) is 1. The first kappa shape index (κ1) is 18.0. The first-order valence-electron chi connectivity index (χ1n) is 5.58. The minimum Gasteiger partial charge on any atom is -0.507 e. The third kappa shape index (κ3) is 5.72. The summed E-state index contributed by atoms with van der Waals surface area (Å²) in [6, 6.07) is 10.4. The normalized spacial score (nSPS) is 9.36. The van der Waals surface area contributed by atoms with E-state index in [0.29, 0.717) is 10.0 Å². The summed E-state index contributed by atoms with van der Waals surface area (Å²) in [6.07, 6.45) is 0. The van der Waals surface area contributed by atoms with E-state index in [2.05, 4.69) is 4.36 Å². The fraction of sp³-hybridized carbons (Fsp3) is 0. The van der Waals surface area contributed by atoms with E-state index in [-0.39, 0.29) is 11.3 Å². The highest BCUT2D eigenvalue weighted by Gasteiger charge is 2.09. The molecule has 6 nitrogen and oxygen atoms in total. The highest BCUT2D eigenvalue weighted by atomic mass is 35.5. The van der Waals surface area contributed by atoms with Crippen LogP contribution in [0, 0.1) is 0 Å². The third-order valence-electron chi connectivity index (χ3n) is 2.22. The molecule has 22 heavy (non-hydrogen) atoms. The minimum atomic E-state index is -2.63. The molecule has 0 bridgehead atoms. The molecule has 2 aromatic rings. The second-order valence-electron chi connectivity index (χ2n) is 3.73. The van der Waals surface area contributed by atoms with Gasteiger partial charge in [-0.05, 0) is 24.3 Å². The molecule has 0 amide bonds. The van der Waals surface area contributed by atoms with E-state index < -0.39 is 22.2 Å². The van der Waals surface area contributed by atoms with Crippen LogP contribution in [0.25, 0.3) is 0 Å². The molecule has 0 aromatic heterocycles. The van der Waals surface area contributed by atoms with E-state index in [4.69, 9.17) is 33.4 Å². The van der Waals surface area contributed by atoms with Gasteiger partial charge < -0.3 is 10.2 Å². The average Bonchev–Trinajstić information content (AvgIpc) is 2.42. The SMILES string of the molecule is Clc1ccccc1Cl.O=C(O)c1ccc(N=S(=O)=O)cc1O. The molecule has 0 fully saturated rings. The molecule has 0 atom stereocenters. The van der Waals surface area contributed by atoms with E-state index in [1.807, 2.05) is 12.1 Å². The number of hydrogen-bond donors (Lipinski definition) is 2. The molecule has 0 aliphatic carbocycles. The van der Waals surface area contributed by atoms with Crippen molar-refractivity contribution in [2.24, 2.45) is 4.36 Å². The van der Waals surface area contributed by atoms with Crippen molar-refractivity contribution in [3.05, 3.63) is 58.1 Å². The van der Waals surface area contributed by atoms with Gasteiger partial charge in [0.1, 0.15) is 11.3 Å². The minimum absolute atomic E-state index is 0.0270. The fourth-order valence-corrected chi connectivity index (χ4v) is 1.84. The van der Waals surface area contributed by atoms with Crippen molar-refractivity contribution in [3.8, 4) is 5.75 Å². The second kappa shape index (κ2) is 8.38. The number of carboxylic acids is 1. The predicted octanol–water partition coefficient (Wildman–Crippen LogP) is 3.78. The maximum atomic E-state index is 10.4. The van der Waals surface area contributed by atoms with Crippen LogP contribution in [0.3, 0.4) is 0 Å². The highest BCUT2D eigenvalue weighted by Crippen LogP contribution is 2.23. The zero-order valence-corrected chi connectivity index (χ0v) is 13.1. The molecule has 0 aliphatic heterocycles. The Kier molecular flexibility index (Phi) is 6.84. The number of aromatic carboxylic acids is 1. The van der Waals surface area contributed by atoms with Crippen molar-refractivity contribution in [3.63, 3.8) is 0 Å². The van der Waals surface area contributed by atoms with Gasteiger partial charge in [-0.1, -0.05) is 35.3 Å². The number of halogens is 2. The van der Waals surface area contributed by atoms with Crippen molar-refractivity contribution in [2.45, 2.75) is 0 Å². The monoisotopic (exact) mass is 361 g/mol. The number of phenols is 1. The maximum absolute atomic E-state index is 10.4. The largest absolute Gasteiger partial charge is 0.507 e. The molecule has 0 radical (unpaired) electrons. The lowest BCUT2D eigenvalue weighted by atomic mass is 10.2. The van der Waals surface area contributed by atoms with Crippen molar-refractivity contribution in [1.82, 2.24) is 0 Å². The summed E-state index contributed by atoms with van der Waals surface area (Å²) in [5.41, 5.74) is -0.332. The molecular formula is C13H9Cl2NO5S. The molecule has 0 aliphatic rings. The van der Waals surface area contributed by atoms with Crippen LogP contribution in [0.15, 0.2) is 46.8 Å². The maximum Gasteiger partial charge on any atom is 0.339 e. The molecule has 0 unspecified atom stereocenters. The zero-order valence-electron chi connectivity index (χ0n) is 10.8. The molecular weight excluding hydrogens is 353 g/mol. The molecule has 0 heterocycles. The van der Waals surface area contributed by atoms with Gasteiger partial charge in [0.25, 0.3) is 0 Å². The van der Waals surface area contributed by atoms with Crippen molar-refractivity contribution >= 4 is 45.4 Å². The van der Waals surface area contributed by atoms with Gasteiger partial charge >= 0.3 is 16.5 Å². The summed E-state index contributed by atoms with van der Waals surface area (Å²) in [5.74, 6) is -1.82. The summed E-state index contributed by atoms with van der Waals surface area (Å²) in [6.45, 7) is 0. The van der Waals surface area contributed by atoms with Crippen LogP contribution in [0.4, 0.5) is 5.69 Å². The molecule has 9 heteroatoms. The van der Waals surface area contributed by atoms with Crippen LogP contribution in [0.2, 0.25) is 10.0 Å². The average molecular weight is 362 g/mol. The molecule has 2 aromatic carbocycles. The van der Waals surface area contributed by atoms with Gasteiger partial charge in [-0.25, -0.2) is 4.79 Å². The quantitative estimate of drug-likeness (QED) is 0.846. The number of aromatic hydroxyl groups is 1. The molecule has 0 spiro atoms. The number of hydrogen-bond acceptors (Lipinski definition) is 5. The second-order valence-corrected chi connectivity index (χ2v) is 5.16. The van der Waals surface area contributed by atoms with E-state index in [1.54, 1.807) is 12.1 Å². The highest BCUT2D eigenvalue weighted by molar-refractivity contribution is 7.61. The fourth-order valence-electron chi connectivity index (χ4n) is 1.28. The summed E-state index contributed by atoms with van der Waals surface area (Å²) in [7, 11) is -2.63. The van der Waals surface area contributed by atoms with Crippen LogP contribution in [0.1, 0.15) is 10.4 Å². The van der Waals surface area contributed by atoms with Gasteiger partial charge in [0.05, 0.1) is 15.7 Å². The lowest BCUT2D eigenvalue weighted by Crippen LogP contribution is -1.95. The smallest absolute Gasteiger partial charge is 0.339 e. The van der Waals surface area contributed by atoms with Gasteiger partial charge in [0, 0.05) is 6.07 Å². The van der Waals surface area contributed by atoms with Crippen molar-refractivity contribution in [1.29, 1.82) is 0 Å². The van der Waals surface area contributed by atoms with Crippen molar-refractivity contribution in [2.75, 3.05) is 0 Å². The Labute approximate surface area is 137 Å². The Morgan fingerprint density at radius 2 is 1.59 bits per heavy atom. The molecule has 2 N–H and O–H groups in total. The van der Waals surface area contributed by atoms with Crippen molar-refractivity contribution < 1.29 is 23.4 Å². The Hall–Kier alpha value is -2.09. The molecule has 0 saturated heterocycles. The Balaban J connectivity index is 0.000000255. The first-order chi connectivity index (χ1) is 10.3. The zero-order chi connectivity index (χ0) is 16.7. The topological polar surface area (TPSA) is 104 Å². The van der Waals surface area contributed by atoms with E-state index in [9.17, 15) is 13.2 Å². The van der Waals surface area contributed by atoms with E-state index in [0.717, 1.165) is 12.1 Å². The lowest BCUT2D eigenvalue weighted by molar-refractivity contribution is 0.0694. The van der Waals surface area contributed by atoms with Gasteiger partial charge in [-0.3, -0.25) is 0 Å². The van der Waals surface area contributed by atoms with Gasteiger partial charge in [0.2, 0.25) is 0 Å². The van der Waals surface area contributed by atoms with Crippen LogP contribution < -0.4 is 0 Å². The van der Waals surface area contributed by atoms with Crippen LogP contribution >= 0.6 is 23.2 Å². The predicted molar refractivity (Wildman–Crippen MR) is 82.5 cm³/mol. The van der Waals surface area contributed by atoms with E-state index in [1.165, 1.54) is 6.07 Å². The number of nitrogens with zero attached hydrogens (tertiary/aromatic N) is 1. The van der Waals surface area contributed by atoms with Crippen LogP contribution in [-0.4, -0.2) is 24.6 Å². The number of benzene rings is 2. The van der Waals surface area contributed by atoms with E-state index >= 15 is 0 Å². The van der Waals surface area contributed by atoms with Gasteiger partial charge in [-0.15, -0.1) is 4.36 Å². The lowest BCUT2D eigenvalue weighted by Gasteiger charge is -1.98. The summed E-state index contributed by atoms with van der Waals surface area (Å²) in [4.78, 5) is 10.4. The third-order valence-corrected chi connectivity index (χ3v) is 3.33. The Bertz CT molecular complexity index is 792. The van der Waals surface area contributed by atoms with Gasteiger partial charge in [-0.2, -0.15) is 8.42 Å². The van der Waals surface area contributed by atoms with Gasteiger partial charge in [0.15, 0.2) is 0 Å². The number of rotatable bonds is 2. The summed E-state index contributed by atoms with van der Waals surface area (Å²) in [5, 5.41) is 18.9. The van der Waals surface area contributed by atoms with Crippen LogP contribution in [0.5, 0.6) is 5.75 Å². The summed E-state index contributed by atoms with van der Waals surface area (Å²) < 4.78 is 23.4. The molecule has 116 valence electrons. The molecule has 0 saturated carbocycles. The Morgan fingerprint density at radius 1 is 1.05 bits per heavy atom. The standard InChI is InChI=1S/C7H5NO5S.C6H4Cl2/c9-6-3-4(8-14(12)13)1-2-5(6)7(10)11;7-5-3-1-2-4-6(5)8/h1-3,9H,(H,10,11);1-4H. The number of carbonyl (C=O) groups is 1. The first-order valence-corrected chi connectivity index (χ1v) is 7.37. The molecule has 2 rings (SSSR count). The van der Waals surface area contributed by atoms with Crippen LogP contribution in [-0.2, 0) is 10.5 Å².